The quantitative estimate of drug-likeness (QED) is 0.327. The smallest absolute Gasteiger partial charge is 0.269 e. The molecule has 174 valence electrons. The summed E-state index contributed by atoms with van der Waals surface area (Å²) in [6, 6.07) is 16.7. The highest BCUT2D eigenvalue weighted by atomic mass is 16.6. The number of carbonyl (C=O) groups excluding carboxylic acids is 1. The fourth-order valence-corrected chi connectivity index (χ4v) is 4.13. The second kappa shape index (κ2) is 8.82. The number of rotatable bonds is 5. The molecule has 0 bridgehead atoms. The van der Waals surface area contributed by atoms with E-state index in [1.807, 2.05) is 31.2 Å². The minimum Gasteiger partial charge on any atom is -0.328 e. The number of anilines is 2. The number of allylic oxidation sites excluding steroid dienone is 1. The molecule has 1 amide bonds. The van der Waals surface area contributed by atoms with E-state index < -0.39 is 11.0 Å². The van der Waals surface area contributed by atoms with Crippen LogP contribution in [0.1, 0.15) is 24.1 Å². The highest BCUT2D eigenvalue weighted by molar-refractivity contribution is 6.06. The first-order valence-corrected chi connectivity index (χ1v) is 10.9. The number of nitrogens with zero attached hydrogens (tertiary/aromatic N) is 5. The fourth-order valence-electron chi connectivity index (χ4n) is 4.13. The van der Waals surface area contributed by atoms with E-state index in [9.17, 15) is 14.9 Å². The van der Waals surface area contributed by atoms with E-state index >= 15 is 0 Å². The van der Waals surface area contributed by atoms with Crippen molar-refractivity contribution < 1.29 is 9.72 Å². The largest absolute Gasteiger partial charge is 0.328 e. The summed E-state index contributed by atoms with van der Waals surface area (Å²) in [5, 5.41) is 22.3. The highest BCUT2D eigenvalue weighted by Gasteiger charge is 2.35. The lowest BCUT2D eigenvalue weighted by atomic mass is 9.94. The molecular weight excluding hydrogens is 446 g/mol. The Morgan fingerprint density at radius 2 is 1.94 bits per heavy atom. The van der Waals surface area contributed by atoms with Crippen LogP contribution in [0.15, 0.2) is 84.3 Å². The topological polar surface area (TPSA) is 128 Å². The number of nitro groups is 1. The number of pyridine rings is 1. The molecule has 1 aliphatic heterocycles. The number of amides is 1. The van der Waals surface area contributed by atoms with Gasteiger partial charge in [-0.1, -0.05) is 36.4 Å². The first kappa shape index (κ1) is 22.0. The Bertz CT molecular complexity index is 1480. The molecule has 35 heavy (non-hydrogen) atoms. The number of fused-ring (bicyclic) bond motifs is 1. The average molecular weight is 467 g/mol. The fraction of sp³-hybridized carbons (Fsp3) is 0.120. The molecular formula is C25H21N7O3. The molecule has 0 saturated carbocycles. The summed E-state index contributed by atoms with van der Waals surface area (Å²) in [6.07, 6.45) is 3.16. The number of nitro benzene ring substituents is 1. The summed E-state index contributed by atoms with van der Waals surface area (Å²) in [4.78, 5) is 33.2. The third kappa shape index (κ3) is 4.12. The monoisotopic (exact) mass is 467 g/mol. The lowest BCUT2D eigenvalue weighted by Crippen LogP contribution is -2.31. The Morgan fingerprint density at radius 3 is 2.69 bits per heavy atom. The number of hydrogen-bond donors (Lipinski definition) is 2. The molecule has 0 aliphatic carbocycles. The lowest BCUT2D eigenvalue weighted by molar-refractivity contribution is -0.384. The van der Waals surface area contributed by atoms with Gasteiger partial charge in [0.25, 0.3) is 11.6 Å². The molecule has 2 aromatic carbocycles. The van der Waals surface area contributed by atoms with Gasteiger partial charge >= 0.3 is 0 Å². The summed E-state index contributed by atoms with van der Waals surface area (Å²) in [5.74, 6) is 0.552. The van der Waals surface area contributed by atoms with E-state index in [2.05, 4.69) is 20.6 Å². The van der Waals surface area contributed by atoms with Crippen LogP contribution in [0, 0.1) is 17.0 Å². The van der Waals surface area contributed by atoms with Crippen molar-refractivity contribution in [2.75, 3.05) is 10.6 Å². The van der Waals surface area contributed by atoms with Gasteiger partial charge in [-0.3, -0.25) is 19.9 Å². The Kier molecular flexibility index (Phi) is 5.54. The summed E-state index contributed by atoms with van der Waals surface area (Å²) >= 11 is 0. The molecule has 1 aliphatic rings. The first-order valence-electron chi connectivity index (χ1n) is 10.9. The summed E-state index contributed by atoms with van der Waals surface area (Å²) in [6.45, 7) is 3.74. The Balaban J connectivity index is 1.65. The molecule has 0 saturated heterocycles. The van der Waals surface area contributed by atoms with E-state index in [0.29, 0.717) is 34.3 Å². The van der Waals surface area contributed by atoms with Crippen molar-refractivity contribution in [3.05, 3.63) is 106 Å². The summed E-state index contributed by atoms with van der Waals surface area (Å²) < 4.78 is 1.60. The van der Waals surface area contributed by atoms with Crippen molar-refractivity contribution in [3.8, 4) is 11.4 Å². The van der Waals surface area contributed by atoms with Crippen LogP contribution in [0.3, 0.4) is 0 Å². The first-order chi connectivity index (χ1) is 16.9. The predicted octanol–water partition coefficient (Wildman–Crippen LogP) is 4.48. The molecule has 0 spiro atoms. The van der Waals surface area contributed by atoms with E-state index in [0.717, 1.165) is 11.1 Å². The van der Waals surface area contributed by atoms with Gasteiger partial charge in [-0.25, -0.2) is 4.68 Å². The molecule has 4 aromatic rings. The van der Waals surface area contributed by atoms with Gasteiger partial charge in [0, 0.05) is 29.6 Å². The Hall–Kier alpha value is -4.86. The maximum Gasteiger partial charge on any atom is 0.269 e. The second-order valence-electron chi connectivity index (χ2n) is 8.13. The number of benzene rings is 2. The summed E-state index contributed by atoms with van der Waals surface area (Å²) in [5.41, 5.74) is 3.78. The van der Waals surface area contributed by atoms with Crippen LogP contribution in [0.5, 0.6) is 0 Å². The van der Waals surface area contributed by atoms with Crippen LogP contribution >= 0.6 is 0 Å². The van der Waals surface area contributed by atoms with Crippen LogP contribution in [0.2, 0.25) is 0 Å². The third-order valence-corrected chi connectivity index (χ3v) is 5.80. The van der Waals surface area contributed by atoms with Crippen LogP contribution in [0.25, 0.3) is 11.4 Å². The molecule has 0 radical (unpaired) electrons. The van der Waals surface area contributed by atoms with Crippen molar-refractivity contribution in [2.24, 2.45) is 0 Å². The van der Waals surface area contributed by atoms with Crippen molar-refractivity contribution in [1.29, 1.82) is 0 Å². The zero-order valence-electron chi connectivity index (χ0n) is 19.0. The van der Waals surface area contributed by atoms with Gasteiger partial charge in [-0.2, -0.15) is 4.98 Å². The molecule has 3 heterocycles. The van der Waals surface area contributed by atoms with Crippen LogP contribution < -0.4 is 10.6 Å². The zero-order chi connectivity index (χ0) is 24.5. The minimum atomic E-state index is -0.743. The normalized spacial score (nSPS) is 14.7. The van der Waals surface area contributed by atoms with Gasteiger partial charge in [0.15, 0.2) is 5.82 Å². The maximum absolute atomic E-state index is 13.5. The number of hydrogen-bond acceptors (Lipinski definition) is 7. The minimum absolute atomic E-state index is 0.0773. The summed E-state index contributed by atoms with van der Waals surface area (Å²) in [7, 11) is 0. The van der Waals surface area contributed by atoms with Crippen LogP contribution in [-0.4, -0.2) is 30.6 Å². The average Bonchev–Trinajstić information content (AvgIpc) is 3.27. The van der Waals surface area contributed by atoms with E-state index in [4.69, 9.17) is 5.10 Å². The number of aromatic nitrogens is 4. The van der Waals surface area contributed by atoms with Gasteiger partial charge in [-0.15, -0.1) is 5.10 Å². The molecule has 1 atom stereocenters. The molecule has 5 rings (SSSR count). The standard InChI is InChI=1S/C25H21N7O3/c1-15-7-3-4-11-20(15)23-29-25-27-16(2)21(24(33)28-18-9-6-12-26-14-18)22(31(25)30-23)17-8-5-10-19(13-17)32(34)35/h3-14,22H,1-2H3,(H,28,33)(H,27,29,30). The van der Waals surface area contributed by atoms with Gasteiger partial charge in [0.05, 0.1) is 22.4 Å². The predicted molar refractivity (Wildman–Crippen MR) is 131 cm³/mol. The van der Waals surface area contributed by atoms with Gasteiger partial charge in [0.2, 0.25) is 5.95 Å². The SMILES string of the molecule is CC1=C(C(=O)Nc2cccnc2)C(c2cccc([N+](=O)[O-])c2)n2nc(-c3ccccc3C)nc2N1. The third-order valence-electron chi connectivity index (χ3n) is 5.80. The van der Waals surface area contributed by atoms with E-state index in [1.165, 1.54) is 12.1 Å². The van der Waals surface area contributed by atoms with Gasteiger partial charge in [-0.05, 0) is 37.1 Å². The van der Waals surface area contributed by atoms with Crippen molar-refractivity contribution in [1.82, 2.24) is 19.7 Å². The molecule has 10 nitrogen and oxygen atoms in total. The second-order valence-corrected chi connectivity index (χ2v) is 8.13. The number of nitrogens with one attached hydrogen (secondary N) is 2. The molecule has 0 fully saturated rings. The van der Waals surface area contributed by atoms with Crippen molar-refractivity contribution in [2.45, 2.75) is 19.9 Å². The van der Waals surface area contributed by atoms with E-state index in [-0.39, 0.29) is 11.6 Å². The van der Waals surface area contributed by atoms with Crippen molar-refractivity contribution >= 4 is 23.2 Å². The molecule has 2 N–H and O–H groups in total. The van der Waals surface area contributed by atoms with Crippen molar-refractivity contribution in [3.63, 3.8) is 0 Å². The lowest BCUT2D eigenvalue weighted by Gasteiger charge is -2.28. The van der Waals surface area contributed by atoms with Gasteiger partial charge in [0.1, 0.15) is 6.04 Å². The molecule has 10 heteroatoms. The number of aryl methyl sites for hydroxylation is 1. The number of carbonyl (C=O) groups is 1. The number of non-ortho nitro benzene ring substituents is 1. The van der Waals surface area contributed by atoms with E-state index in [1.54, 1.807) is 48.3 Å². The Labute approximate surface area is 200 Å². The van der Waals surface area contributed by atoms with Gasteiger partial charge < -0.3 is 10.6 Å². The zero-order valence-corrected chi connectivity index (χ0v) is 19.0. The highest BCUT2D eigenvalue weighted by Crippen LogP contribution is 2.38. The molecule has 1 unspecified atom stereocenters. The molecule has 2 aromatic heterocycles. The van der Waals surface area contributed by atoms with Crippen LogP contribution in [-0.2, 0) is 4.79 Å². The Morgan fingerprint density at radius 1 is 1.11 bits per heavy atom. The van der Waals surface area contributed by atoms with Crippen LogP contribution in [0.4, 0.5) is 17.3 Å². The maximum atomic E-state index is 13.5.